The van der Waals surface area contributed by atoms with E-state index in [-0.39, 0.29) is 0 Å². The Kier molecular flexibility index (Phi) is 8.12. The third-order valence-corrected chi connectivity index (χ3v) is 4.21. The maximum Gasteiger partial charge on any atom is -0.0254 e. The Hall–Kier alpha value is -1.30. The van der Waals surface area contributed by atoms with Crippen molar-refractivity contribution in [3.8, 4) is 0 Å². The van der Waals surface area contributed by atoms with Gasteiger partial charge in [-0.3, -0.25) is 0 Å². The molecule has 1 aromatic carbocycles. The van der Waals surface area contributed by atoms with Gasteiger partial charge in [-0.25, -0.2) is 0 Å². The summed E-state index contributed by atoms with van der Waals surface area (Å²) >= 11 is 0. The zero-order valence-electron chi connectivity index (χ0n) is 14.4. The Morgan fingerprint density at radius 3 is 2.38 bits per heavy atom. The molecule has 1 aliphatic carbocycles. The second-order valence-electron chi connectivity index (χ2n) is 6.64. The van der Waals surface area contributed by atoms with Crippen molar-refractivity contribution >= 4 is 6.08 Å². The van der Waals surface area contributed by atoms with E-state index in [9.17, 15) is 0 Å². The lowest BCUT2D eigenvalue weighted by molar-refractivity contribution is 0.301. The maximum absolute atomic E-state index is 3.92. The molecule has 21 heavy (non-hydrogen) atoms. The summed E-state index contributed by atoms with van der Waals surface area (Å²) in [6.45, 7) is 12.9. The first-order valence-corrected chi connectivity index (χ1v) is 8.43. The van der Waals surface area contributed by atoms with Crippen LogP contribution in [0.4, 0.5) is 0 Å². The molecule has 1 fully saturated rings. The molecule has 0 aliphatic heterocycles. The molecule has 0 N–H and O–H groups in total. The Bertz CT molecular complexity index is 445. The topological polar surface area (TPSA) is 0 Å². The van der Waals surface area contributed by atoms with Crippen molar-refractivity contribution in [3.05, 3.63) is 53.6 Å². The number of hydrogen-bond acceptors (Lipinski definition) is 0. The lowest BCUT2D eigenvalue weighted by atomic mass is 9.84. The fourth-order valence-electron chi connectivity index (χ4n) is 2.84. The molecule has 0 heterocycles. The highest BCUT2D eigenvalue weighted by atomic mass is 14.2. The number of allylic oxidation sites excluding steroid dienone is 2. The minimum atomic E-state index is 1.01. The van der Waals surface area contributed by atoms with Crippen LogP contribution in [-0.2, 0) is 0 Å². The molecule has 1 aromatic rings. The van der Waals surface area contributed by atoms with Crippen molar-refractivity contribution in [2.75, 3.05) is 0 Å². The molecule has 0 radical (unpaired) electrons. The molecule has 0 spiro atoms. The molecule has 0 heteroatoms. The molecule has 2 atom stereocenters. The van der Waals surface area contributed by atoms with Crippen LogP contribution in [0.5, 0.6) is 0 Å². The molecule has 2 rings (SSSR count). The highest BCUT2D eigenvalue weighted by Gasteiger charge is 2.13. The summed E-state index contributed by atoms with van der Waals surface area (Å²) < 4.78 is 0. The summed E-state index contributed by atoms with van der Waals surface area (Å²) in [6.07, 6.45) is 11.1. The summed E-state index contributed by atoms with van der Waals surface area (Å²) in [5.41, 5.74) is 3.71. The van der Waals surface area contributed by atoms with Gasteiger partial charge in [-0.2, -0.15) is 0 Å². The van der Waals surface area contributed by atoms with Crippen LogP contribution in [0.2, 0.25) is 0 Å². The molecular formula is C21H32. The number of rotatable bonds is 3. The van der Waals surface area contributed by atoms with Gasteiger partial charge in [0.1, 0.15) is 0 Å². The van der Waals surface area contributed by atoms with E-state index < -0.39 is 0 Å². The van der Waals surface area contributed by atoms with Crippen molar-refractivity contribution in [1.29, 1.82) is 0 Å². The summed E-state index contributed by atoms with van der Waals surface area (Å²) in [7, 11) is 0. The van der Waals surface area contributed by atoms with Crippen LogP contribution in [0.25, 0.3) is 6.08 Å². The van der Waals surface area contributed by atoms with Crippen molar-refractivity contribution < 1.29 is 0 Å². The first-order chi connectivity index (χ1) is 10.0. The minimum absolute atomic E-state index is 1.01. The Balaban J connectivity index is 0.000000235. The number of hydrogen-bond donors (Lipinski definition) is 0. The summed E-state index contributed by atoms with van der Waals surface area (Å²) in [4.78, 5) is 0. The molecule has 0 aromatic heterocycles. The predicted octanol–water partition coefficient (Wildman–Crippen LogP) is 6.81. The van der Waals surface area contributed by atoms with E-state index in [0.717, 1.165) is 18.3 Å². The van der Waals surface area contributed by atoms with Gasteiger partial charge in [0.15, 0.2) is 0 Å². The Morgan fingerprint density at radius 2 is 1.90 bits per heavy atom. The third kappa shape index (κ3) is 7.90. The molecule has 116 valence electrons. The third-order valence-electron chi connectivity index (χ3n) is 4.21. The van der Waals surface area contributed by atoms with Crippen LogP contribution in [0.1, 0.15) is 64.0 Å². The minimum Gasteiger partial charge on any atom is -0.0958 e. The summed E-state index contributed by atoms with van der Waals surface area (Å²) in [5, 5.41) is 0. The van der Waals surface area contributed by atoms with Gasteiger partial charge in [-0.15, -0.1) is 0 Å². The maximum atomic E-state index is 3.92. The fraction of sp³-hybridized carbons (Fsp3) is 0.524. The summed E-state index contributed by atoms with van der Waals surface area (Å²) in [6, 6.07) is 8.45. The normalized spacial score (nSPS) is 21.7. The highest BCUT2D eigenvalue weighted by molar-refractivity contribution is 5.53. The monoisotopic (exact) mass is 284 g/mol. The predicted molar refractivity (Wildman–Crippen MR) is 96.4 cm³/mol. The molecule has 1 aliphatic rings. The largest absolute Gasteiger partial charge is 0.0958 e. The Labute approximate surface area is 132 Å². The van der Waals surface area contributed by atoms with E-state index in [2.05, 4.69) is 70.7 Å². The molecule has 0 bridgehead atoms. The molecule has 0 amide bonds. The molecular weight excluding hydrogens is 252 g/mol. The van der Waals surface area contributed by atoms with Gasteiger partial charge in [0, 0.05) is 0 Å². The van der Waals surface area contributed by atoms with E-state index in [1.165, 1.54) is 42.4 Å². The van der Waals surface area contributed by atoms with Crippen LogP contribution >= 0.6 is 0 Å². The second kappa shape index (κ2) is 9.60. The van der Waals surface area contributed by atoms with Crippen LogP contribution in [0, 0.1) is 18.8 Å². The van der Waals surface area contributed by atoms with Gasteiger partial charge >= 0.3 is 0 Å². The average Bonchev–Trinajstić information content (AvgIpc) is 2.45. The zero-order chi connectivity index (χ0) is 15.7. The van der Waals surface area contributed by atoms with Gasteiger partial charge in [0.25, 0.3) is 0 Å². The van der Waals surface area contributed by atoms with Crippen molar-refractivity contribution in [2.45, 2.75) is 59.8 Å². The lowest BCUT2D eigenvalue weighted by Crippen LogP contribution is -2.09. The van der Waals surface area contributed by atoms with Crippen LogP contribution in [0.15, 0.2) is 42.5 Å². The van der Waals surface area contributed by atoms with E-state index in [0.29, 0.717) is 0 Å². The fourth-order valence-corrected chi connectivity index (χ4v) is 2.84. The van der Waals surface area contributed by atoms with Crippen molar-refractivity contribution in [2.24, 2.45) is 11.8 Å². The van der Waals surface area contributed by atoms with Crippen LogP contribution in [0.3, 0.4) is 0 Å². The van der Waals surface area contributed by atoms with Crippen LogP contribution < -0.4 is 0 Å². The lowest BCUT2D eigenvalue weighted by Gasteiger charge is -2.22. The molecule has 2 unspecified atom stereocenters. The molecule has 1 saturated carbocycles. The van der Waals surface area contributed by atoms with Gasteiger partial charge in [-0.05, 0) is 37.2 Å². The first-order valence-electron chi connectivity index (χ1n) is 8.43. The van der Waals surface area contributed by atoms with Crippen molar-refractivity contribution in [3.63, 3.8) is 0 Å². The SMILES string of the molecule is C=C(/C=C/c1cccc(C)c1)CC.CC1CCCC(C)C1. The van der Waals surface area contributed by atoms with Crippen LogP contribution in [-0.4, -0.2) is 0 Å². The van der Waals surface area contributed by atoms with Gasteiger partial charge in [-0.1, -0.05) is 94.2 Å². The van der Waals surface area contributed by atoms with E-state index in [1.807, 2.05) is 0 Å². The van der Waals surface area contributed by atoms with Gasteiger partial charge < -0.3 is 0 Å². The first kappa shape index (κ1) is 17.8. The number of benzene rings is 1. The standard InChI is InChI=1S/C13H16.C8H16/c1-4-11(2)8-9-13-7-5-6-12(3)10-13;1-7-4-3-5-8(2)6-7/h5-10H,2,4H2,1,3H3;7-8H,3-6H2,1-2H3/b9-8+;. The Morgan fingerprint density at radius 1 is 1.24 bits per heavy atom. The molecule has 0 nitrogen and oxygen atoms in total. The van der Waals surface area contributed by atoms with E-state index >= 15 is 0 Å². The van der Waals surface area contributed by atoms with Gasteiger partial charge in [0.2, 0.25) is 0 Å². The van der Waals surface area contributed by atoms with Crippen molar-refractivity contribution in [1.82, 2.24) is 0 Å². The quantitative estimate of drug-likeness (QED) is 0.535. The molecule has 0 saturated heterocycles. The van der Waals surface area contributed by atoms with E-state index in [1.54, 1.807) is 0 Å². The summed E-state index contributed by atoms with van der Waals surface area (Å²) in [5.74, 6) is 2.03. The second-order valence-corrected chi connectivity index (χ2v) is 6.64. The zero-order valence-corrected chi connectivity index (χ0v) is 14.4. The number of aryl methyl sites for hydroxylation is 1. The van der Waals surface area contributed by atoms with Gasteiger partial charge in [0.05, 0.1) is 0 Å². The smallest absolute Gasteiger partial charge is 0.0254 e. The van der Waals surface area contributed by atoms with E-state index in [4.69, 9.17) is 0 Å². The highest BCUT2D eigenvalue weighted by Crippen LogP contribution is 2.27. The average molecular weight is 284 g/mol.